The molecule has 0 heterocycles. The fraction of sp³-hybridized carbons (Fsp3) is 0.417. The van der Waals surface area contributed by atoms with Crippen LogP contribution in [0.25, 0.3) is 0 Å². The van der Waals surface area contributed by atoms with Crippen LogP contribution in [0.15, 0.2) is 18.2 Å². The molecular formula is C12H18N4O3. The van der Waals surface area contributed by atoms with Crippen LogP contribution < -0.4 is 16.4 Å². The highest BCUT2D eigenvalue weighted by Crippen LogP contribution is 2.27. The number of nitro groups is 1. The number of hydrogen-bond acceptors (Lipinski definition) is 5. The van der Waals surface area contributed by atoms with Crippen molar-refractivity contribution in [2.45, 2.75) is 19.8 Å². The number of amides is 1. The van der Waals surface area contributed by atoms with Gasteiger partial charge < -0.3 is 16.4 Å². The number of carbonyl (C=O) groups is 1. The van der Waals surface area contributed by atoms with Gasteiger partial charge in [-0.3, -0.25) is 14.9 Å². The van der Waals surface area contributed by atoms with Gasteiger partial charge in [0.05, 0.1) is 11.5 Å². The highest BCUT2D eigenvalue weighted by molar-refractivity contribution is 5.80. The molecule has 7 heteroatoms. The lowest BCUT2D eigenvalue weighted by Gasteiger charge is -2.23. The minimum atomic E-state index is -0.538. The van der Waals surface area contributed by atoms with Gasteiger partial charge in [-0.25, -0.2) is 0 Å². The molecule has 0 radical (unpaired) electrons. The number of carbonyl (C=O) groups excluding carboxylic acids is 1. The standard InChI is InChI=1S/C12H18N4O3/c1-2-3-6-15(8-12(14)17)9-4-5-11(16(18)19)10(13)7-9/h4-5,7H,2-3,6,8,13H2,1H3,(H2,14,17). The summed E-state index contributed by atoms with van der Waals surface area (Å²) in [5.74, 6) is -0.451. The van der Waals surface area contributed by atoms with Gasteiger partial charge in [0.2, 0.25) is 5.91 Å². The van der Waals surface area contributed by atoms with Crippen LogP contribution in [0.2, 0.25) is 0 Å². The lowest BCUT2D eigenvalue weighted by molar-refractivity contribution is -0.383. The molecule has 104 valence electrons. The number of benzene rings is 1. The molecule has 0 aliphatic heterocycles. The summed E-state index contributed by atoms with van der Waals surface area (Å²) in [5, 5.41) is 10.7. The zero-order valence-electron chi connectivity index (χ0n) is 10.8. The van der Waals surface area contributed by atoms with Crippen molar-refractivity contribution in [1.29, 1.82) is 0 Å². The van der Waals surface area contributed by atoms with Crippen LogP contribution in [-0.4, -0.2) is 23.9 Å². The zero-order chi connectivity index (χ0) is 14.4. The Morgan fingerprint density at radius 1 is 1.47 bits per heavy atom. The fourth-order valence-electron chi connectivity index (χ4n) is 1.74. The number of nitro benzene ring substituents is 1. The third-order valence-electron chi connectivity index (χ3n) is 2.70. The predicted octanol–water partition coefficient (Wildman–Crippen LogP) is 1.27. The quantitative estimate of drug-likeness (QED) is 0.438. The molecular weight excluding hydrogens is 248 g/mol. The van der Waals surface area contributed by atoms with Gasteiger partial charge in [0.25, 0.3) is 5.69 Å². The minimum absolute atomic E-state index is 0.0667. The number of unbranched alkanes of at least 4 members (excludes halogenated alkanes) is 1. The van der Waals surface area contributed by atoms with E-state index in [1.165, 1.54) is 12.1 Å². The second-order valence-electron chi connectivity index (χ2n) is 4.24. The third kappa shape index (κ3) is 4.13. The summed E-state index contributed by atoms with van der Waals surface area (Å²) in [6.07, 6.45) is 1.86. The van der Waals surface area contributed by atoms with Gasteiger partial charge in [-0.05, 0) is 18.6 Å². The maximum atomic E-state index is 11.0. The lowest BCUT2D eigenvalue weighted by Crippen LogP contribution is -2.34. The van der Waals surface area contributed by atoms with Crippen LogP contribution in [0.3, 0.4) is 0 Å². The monoisotopic (exact) mass is 266 g/mol. The molecule has 4 N–H and O–H groups in total. The Hall–Kier alpha value is -2.31. The van der Waals surface area contributed by atoms with E-state index < -0.39 is 10.8 Å². The molecule has 0 saturated heterocycles. The Labute approximate surface area is 111 Å². The van der Waals surface area contributed by atoms with Crippen molar-refractivity contribution in [1.82, 2.24) is 0 Å². The molecule has 0 aliphatic rings. The number of anilines is 2. The first-order valence-corrected chi connectivity index (χ1v) is 6.02. The van der Waals surface area contributed by atoms with Crippen LogP contribution in [0, 0.1) is 10.1 Å². The van der Waals surface area contributed by atoms with Crippen molar-refractivity contribution in [3.63, 3.8) is 0 Å². The Balaban J connectivity index is 2.98. The van der Waals surface area contributed by atoms with E-state index in [4.69, 9.17) is 11.5 Å². The van der Waals surface area contributed by atoms with E-state index >= 15 is 0 Å². The van der Waals surface area contributed by atoms with Gasteiger partial charge in [-0.1, -0.05) is 13.3 Å². The first kappa shape index (κ1) is 14.7. The maximum Gasteiger partial charge on any atom is 0.292 e. The lowest BCUT2D eigenvalue weighted by atomic mass is 10.2. The smallest absolute Gasteiger partial charge is 0.292 e. The van der Waals surface area contributed by atoms with E-state index in [0.717, 1.165) is 12.8 Å². The van der Waals surface area contributed by atoms with E-state index in [-0.39, 0.29) is 17.9 Å². The van der Waals surface area contributed by atoms with Crippen LogP contribution in [0.5, 0.6) is 0 Å². The first-order valence-electron chi connectivity index (χ1n) is 6.02. The molecule has 0 aliphatic carbocycles. The summed E-state index contributed by atoms with van der Waals surface area (Å²) in [6, 6.07) is 4.41. The molecule has 0 atom stereocenters. The average Bonchev–Trinajstić information content (AvgIpc) is 2.33. The average molecular weight is 266 g/mol. The second-order valence-corrected chi connectivity index (χ2v) is 4.24. The highest BCUT2D eigenvalue weighted by Gasteiger charge is 2.15. The molecule has 1 rings (SSSR count). The highest BCUT2D eigenvalue weighted by atomic mass is 16.6. The van der Waals surface area contributed by atoms with Crippen molar-refractivity contribution in [2.75, 3.05) is 23.7 Å². The van der Waals surface area contributed by atoms with E-state index in [1.54, 1.807) is 11.0 Å². The number of primary amides is 1. The fourth-order valence-corrected chi connectivity index (χ4v) is 1.74. The molecule has 0 unspecified atom stereocenters. The number of nitrogens with two attached hydrogens (primary N) is 2. The van der Waals surface area contributed by atoms with Crippen molar-refractivity contribution in [2.24, 2.45) is 5.73 Å². The van der Waals surface area contributed by atoms with E-state index in [1.807, 2.05) is 6.92 Å². The van der Waals surface area contributed by atoms with E-state index in [2.05, 4.69) is 0 Å². The Morgan fingerprint density at radius 2 is 2.16 bits per heavy atom. The predicted molar refractivity (Wildman–Crippen MR) is 73.8 cm³/mol. The van der Waals surface area contributed by atoms with Gasteiger partial charge >= 0.3 is 0 Å². The van der Waals surface area contributed by atoms with Crippen LogP contribution in [0.4, 0.5) is 17.1 Å². The normalized spacial score (nSPS) is 10.2. The van der Waals surface area contributed by atoms with Gasteiger partial charge in [0.15, 0.2) is 0 Å². The van der Waals surface area contributed by atoms with E-state index in [0.29, 0.717) is 12.2 Å². The summed E-state index contributed by atoms with van der Waals surface area (Å²) in [4.78, 5) is 23.0. The Bertz CT molecular complexity index is 476. The summed E-state index contributed by atoms with van der Waals surface area (Å²) in [5.41, 5.74) is 11.4. The summed E-state index contributed by atoms with van der Waals surface area (Å²) >= 11 is 0. The summed E-state index contributed by atoms with van der Waals surface area (Å²) in [6.45, 7) is 2.75. The molecule has 0 aromatic heterocycles. The van der Waals surface area contributed by atoms with Gasteiger partial charge in [-0.2, -0.15) is 0 Å². The van der Waals surface area contributed by atoms with Crippen LogP contribution >= 0.6 is 0 Å². The topological polar surface area (TPSA) is 115 Å². The van der Waals surface area contributed by atoms with Crippen LogP contribution in [-0.2, 0) is 4.79 Å². The second kappa shape index (κ2) is 6.58. The van der Waals surface area contributed by atoms with Crippen LogP contribution in [0.1, 0.15) is 19.8 Å². The zero-order valence-corrected chi connectivity index (χ0v) is 10.8. The maximum absolute atomic E-state index is 11.0. The Morgan fingerprint density at radius 3 is 2.63 bits per heavy atom. The van der Waals surface area contributed by atoms with E-state index in [9.17, 15) is 14.9 Å². The summed E-state index contributed by atoms with van der Waals surface area (Å²) < 4.78 is 0. The molecule has 0 fully saturated rings. The Kier molecular flexibility index (Phi) is 5.11. The largest absolute Gasteiger partial charge is 0.393 e. The molecule has 7 nitrogen and oxygen atoms in total. The molecule has 1 amide bonds. The van der Waals surface area contributed by atoms with Crippen molar-refractivity contribution in [3.05, 3.63) is 28.3 Å². The minimum Gasteiger partial charge on any atom is -0.393 e. The SMILES string of the molecule is CCCCN(CC(N)=O)c1ccc([N+](=O)[O-])c(N)c1. The molecule has 19 heavy (non-hydrogen) atoms. The van der Waals surface area contributed by atoms with Crippen molar-refractivity contribution < 1.29 is 9.72 Å². The van der Waals surface area contributed by atoms with Crippen molar-refractivity contribution in [3.8, 4) is 0 Å². The number of hydrogen-bond donors (Lipinski definition) is 2. The van der Waals surface area contributed by atoms with Gasteiger partial charge in [-0.15, -0.1) is 0 Å². The summed E-state index contributed by atoms with van der Waals surface area (Å²) in [7, 11) is 0. The third-order valence-corrected chi connectivity index (χ3v) is 2.70. The number of nitrogens with zero attached hydrogens (tertiary/aromatic N) is 2. The molecule has 0 saturated carbocycles. The molecule has 1 aromatic rings. The van der Waals surface area contributed by atoms with Crippen molar-refractivity contribution >= 4 is 23.0 Å². The number of rotatable bonds is 7. The molecule has 0 spiro atoms. The number of nitrogen functional groups attached to an aromatic ring is 1. The molecule has 0 bridgehead atoms. The van der Waals surface area contributed by atoms with Gasteiger partial charge in [0, 0.05) is 18.3 Å². The molecule has 1 aromatic carbocycles. The first-order chi connectivity index (χ1) is 8.95. The van der Waals surface area contributed by atoms with Gasteiger partial charge in [0.1, 0.15) is 5.69 Å².